The number of anilines is 1. The monoisotopic (exact) mass is 260 g/mol. The number of aromatic nitrogens is 1. The topological polar surface area (TPSA) is 42.0 Å². The molecular weight excluding hydrogens is 244 g/mol. The van der Waals surface area contributed by atoms with Crippen LogP contribution < -0.4 is 5.32 Å². The molecule has 0 bridgehead atoms. The maximum Gasteiger partial charge on any atom is 0.275 e. The van der Waals surface area contributed by atoms with Gasteiger partial charge in [0, 0.05) is 10.6 Å². The van der Waals surface area contributed by atoms with Gasteiger partial charge in [0.2, 0.25) is 0 Å². The lowest BCUT2D eigenvalue weighted by Gasteiger charge is -2.07. The molecule has 1 aromatic carbocycles. The van der Waals surface area contributed by atoms with Crippen molar-refractivity contribution in [3.05, 3.63) is 46.5 Å². The molecule has 3 nitrogen and oxygen atoms in total. The molecule has 18 heavy (non-hydrogen) atoms. The molecule has 2 aromatic rings. The Morgan fingerprint density at radius 3 is 2.44 bits per heavy atom. The minimum absolute atomic E-state index is 0.156. The number of amides is 1. The van der Waals surface area contributed by atoms with E-state index in [1.807, 2.05) is 31.2 Å². The zero-order chi connectivity index (χ0) is 13.1. The van der Waals surface area contributed by atoms with E-state index in [0.29, 0.717) is 11.6 Å². The zero-order valence-corrected chi connectivity index (χ0v) is 11.5. The maximum absolute atomic E-state index is 11.9. The molecule has 1 N–H and O–H groups in total. The number of carbonyl (C=O) groups excluding carboxylic acids is 1. The van der Waals surface area contributed by atoms with Crippen LogP contribution in [0.25, 0.3) is 0 Å². The normalized spacial score (nSPS) is 10.7. The lowest BCUT2D eigenvalue weighted by atomic mass is 10.0. The third kappa shape index (κ3) is 2.96. The van der Waals surface area contributed by atoms with Gasteiger partial charge < -0.3 is 5.32 Å². The second kappa shape index (κ2) is 5.31. The number of carbonyl (C=O) groups is 1. The largest absolute Gasteiger partial charge is 0.321 e. The minimum atomic E-state index is -0.156. The van der Waals surface area contributed by atoms with E-state index in [1.165, 1.54) is 17.1 Å². The number of nitrogens with one attached hydrogen (secondary N) is 1. The number of hydrogen-bond donors (Lipinski definition) is 1. The molecule has 0 atom stereocenters. The Morgan fingerprint density at radius 2 is 1.94 bits per heavy atom. The number of hydrogen-bond acceptors (Lipinski definition) is 3. The molecule has 4 heteroatoms. The summed E-state index contributed by atoms with van der Waals surface area (Å²) in [5.74, 6) is 0.340. The predicted molar refractivity (Wildman–Crippen MR) is 75.3 cm³/mol. The Bertz CT molecular complexity index is 543. The number of aryl methyl sites for hydroxylation is 1. The second-order valence-electron chi connectivity index (χ2n) is 4.55. The summed E-state index contributed by atoms with van der Waals surface area (Å²) >= 11 is 1.34. The summed E-state index contributed by atoms with van der Waals surface area (Å²) in [7, 11) is 0. The SMILES string of the molecule is Cc1cc(C(=O)Nc2ccc(C(C)C)cc2)ns1. The van der Waals surface area contributed by atoms with E-state index in [2.05, 4.69) is 23.5 Å². The Balaban J connectivity index is 2.07. The molecule has 1 heterocycles. The van der Waals surface area contributed by atoms with Crippen LogP contribution in [0.3, 0.4) is 0 Å². The molecule has 1 amide bonds. The molecule has 0 saturated heterocycles. The van der Waals surface area contributed by atoms with Gasteiger partial charge in [-0.05, 0) is 48.1 Å². The van der Waals surface area contributed by atoms with Crippen LogP contribution in [0.2, 0.25) is 0 Å². The fourth-order valence-electron chi connectivity index (χ4n) is 1.62. The van der Waals surface area contributed by atoms with E-state index in [1.54, 1.807) is 6.07 Å². The highest BCUT2D eigenvalue weighted by molar-refractivity contribution is 7.05. The predicted octanol–water partition coefficient (Wildman–Crippen LogP) is 3.83. The van der Waals surface area contributed by atoms with E-state index < -0.39 is 0 Å². The first kappa shape index (κ1) is 12.8. The number of benzene rings is 1. The third-order valence-electron chi connectivity index (χ3n) is 2.70. The van der Waals surface area contributed by atoms with Crippen molar-refractivity contribution in [2.45, 2.75) is 26.7 Å². The highest BCUT2D eigenvalue weighted by atomic mass is 32.1. The summed E-state index contributed by atoms with van der Waals surface area (Å²) in [5.41, 5.74) is 2.54. The van der Waals surface area contributed by atoms with Crippen LogP contribution in [-0.4, -0.2) is 10.3 Å². The third-order valence-corrected chi connectivity index (χ3v) is 3.39. The van der Waals surface area contributed by atoms with Crippen molar-refractivity contribution in [3.8, 4) is 0 Å². The van der Waals surface area contributed by atoms with Gasteiger partial charge in [0.15, 0.2) is 0 Å². The van der Waals surface area contributed by atoms with Gasteiger partial charge in [0.1, 0.15) is 5.69 Å². The average molecular weight is 260 g/mol. The summed E-state index contributed by atoms with van der Waals surface area (Å²) < 4.78 is 4.09. The maximum atomic E-state index is 11.9. The van der Waals surface area contributed by atoms with Gasteiger partial charge in [-0.1, -0.05) is 26.0 Å². The summed E-state index contributed by atoms with van der Waals surface area (Å²) in [6, 6.07) is 9.71. The van der Waals surface area contributed by atoms with Crippen LogP contribution in [0, 0.1) is 6.92 Å². The molecule has 0 aliphatic rings. The van der Waals surface area contributed by atoms with Crippen LogP contribution >= 0.6 is 11.5 Å². The molecule has 94 valence electrons. The summed E-state index contributed by atoms with van der Waals surface area (Å²) in [4.78, 5) is 12.9. The zero-order valence-electron chi connectivity index (χ0n) is 10.7. The molecule has 2 rings (SSSR count). The molecule has 0 fully saturated rings. The van der Waals surface area contributed by atoms with Crippen molar-refractivity contribution >= 4 is 23.1 Å². The van der Waals surface area contributed by atoms with Crippen LogP contribution in [0.15, 0.2) is 30.3 Å². The molecule has 0 saturated carbocycles. The fraction of sp³-hybridized carbons (Fsp3) is 0.286. The first-order valence-corrected chi connectivity index (χ1v) is 6.68. The van der Waals surface area contributed by atoms with Crippen LogP contribution in [-0.2, 0) is 0 Å². The smallest absolute Gasteiger partial charge is 0.275 e. The van der Waals surface area contributed by atoms with Crippen LogP contribution in [0.4, 0.5) is 5.69 Å². The average Bonchev–Trinajstić information content (AvgIpc) is 2.76. The van der Waals surface area contributed by atoms with E-state index in [9.17, 15) is 4.79 Å². The molecule has 0 aliphatic carbocycles. The van der Waals surface area contributed by atoms with E-state index in [0.717, 1.165) is 10.6 Å². The van der Waals surface area contributed by atoms with Crippen LogP contribution in [0.5, 0.6) is 0 Å². The molecule has 0 radical (unpaired) electrons. The van der Waals surface area contributed by atoms with Crippen molar-refractivity contribution in [2.75, 3.05) is 5.32 Å². The van der Waals surface area contributed by atoms with E-state index >= 15 is 0 Å². The summed E-state index contributed by atoms with van der Waals surface area (Å²) in [5, 5.41) is 2.84. The minimum Gasteiger partial charge on any atom is -0.321 e. The molecule has 0 spiro atoms. The lowest BCUT2D eigenvalue weighted by Crippen LogP contribution is -2.12. The van der Waals surface area contributed by atoms with Crippen molar-refractivity contribution in [1.29, 1.82) is 0 Å². The highest BCUT2D eigenvalue weighted by Crippen LogP contribution is 2.18. The summed E-state index contributed by atoms with van der Waals surface area (Å²) in [6.07, 6.45) is 0. The number of nitrogens with zero attached hydrogens (tertiary/aromatic N) is 1. The Hall–Kier alpha value is -1.68. The Kier molecular flexibility index (Phi) is 3.77. The van der Waals surface area contributed by atoms with Gasteiger partial charge in [0.25, 0.3) is 5.91 Å². The lowest BCUT2D eigenvalue weighted by molar-refractivity contribution is 0.102. The summed E-state index contributed by atoms with van der Waals surface area (Å²) in [6.45, 7) is 6.23. The van der Waals surface area contributed by atoms with Gasteiger partial charge in [-0.15, -0.1) is 0 Å². The Morgan fingerprint density at radius 1 is 1.28 bits per heavy atom. The van der Waals surface area contributed by atoms with E-state index in [4.69, 9.17) is 0 Å². The Labute approximate surface area is 111 Å². The van der Waals surface area contributed by atoms with Gasteiger partial charge in [-0.3, -0.25) is 4.79 Å². The first-order valence-electron chi connectivity index (χ1n) is 5.91. The van der Waals surface area contributed by atoms with Gasteiger partial charge in [-0.25, -0.2) is 0 Å². The van der Waals surface area contributed by atoms with E-state index in [-0.39, 0.29) is 5.91 Å². The number of rotatable bonds is 3. The van der Waals surface area contributed by atoms with Gasteiger partial charge in [-0.2, -0.15) is 4.37 Å². The van der Waals surface area contributed by atoms with Gasteiger partial charge in [0.05, 0.1) is 0 Å². The van der Waals surface area contributed by atoms with Crippen LogP contribution in [0.1, 0.15) is 40.7 Å². The second-order valence-corrected chi connectivity index (χ2v) is 5.56. The molecule has 1 aromatic heterocycles. The molecule has 0 unspecified atom stereocenters. The van der Waals surface area contributed by atoms with Crippen molar-refractivity contribution in [3.63, 3.8) is 0 Å². The van der Waals surface area contributed by atoms with Crippen molar-refractivity contribution in [1.82, 2.24) is 4.37 Å². The highest BCUT2D eigenvalue weighted by Gasteiger charge is 2.09. The van der Waals surface area contributed by atoms with Crippen molar-refractivity contribution < 1.29 is 4.79 Å². The van der Waals surface area contributed by atoms with Gasteiger partial charge >= 0.3 is 0 Å². The standard InChI is InChI=1S/C14H16N2OS/c1-9(2)11-4-6-12(7-5-11)15-14(17)13-8-10(3)18-16-13/h4-9H,1-3H3,(H,15,17). The van der Waals surface area contributed by atoms with Crippen molar-refractivity contribution in [2.24, 2.45) is 0 Å². The molecular formula is C14H16N2OS. The first-order chi connectivity index (χ1) is 8.56. The quantitative estimate of drug-likeness (QED) is 0.911. The fourth-order valence-corrected chi connectivity index (χ4v) is 2.16. The molecule has 0 aliphatic heterocycles.